The van der Waals surface area contributed by atoms with Gasteiger partial charge in [0.15, 0.2) is 0 Å². The van der Waals surface area contributed by atoms with Crippen molar-refractivity contribution in [3.63, 3.8) is 0 Å². The van der Waals surface area contributed by atoms with Crippen LogP contribution in [0, 0.1) is 0 Å². The zero-order valence-corrected chi connectivity index (χ0v) is 13.6. The Morgan fingerprint density at radius 2 is 2.04 bits per heavy atom. The molecule has 2 N–H and O–H groups in total. The first-order valence-electron chi connectivity index (χ1n) is 7.75. The van der Waals surface area contributed by atoms with Crippen LogP contribution in [0.1, 0.15) is 35.3 Å². The van der Waals surface area contributed by atoms with Gasteiger partial charge in [-0.25, -0.2) is 4.98 Å². The first-order chi connectivity index (χ1) is 11.2. The van der Waals surface area contributed by atoms with Gasteiger partial charge in [-0.05, 0) is 31.0 Å². The van der Waals surface area contributed by atoms with Gasteiger partial charge < -0.3 is 15.4 Å². The van der Waals surface area contributed by atoms with Crippen molar-refractivity contribution in [1.82, 2.24) is 10.3 Å². The summed E-state index contributed by atoms with van der Waals surface area (Å²) in [5.41, 5.74) is 1.67. The maximum atomic E-state index is 12.4. The Hall–Kier alpha value is -2.40. The molecule has 2 aromatic rings. The highest BCUT2D eigenvalue weighted by atomic mass is 16.5. The second-order valence-electron chi connectivity index (χ2n) is 5.31. The molecule has 1 heterocycles. The lowest BCUT2D eigenvalue weighted by atomic mass is 10.1. The SMILES string of the molecule is COCCCNc1cc(C(=O)NC(C)c2ccccc2)ccn1. The average molecular weight is 313 g/mol. The fraction of sp³-hybridized carbons (Fsp3) is 0.333. The monoisotopic (exact) mass is 313 g/mol. The first-order valence-corrected chi connectivity index (χ1v) is 7.75. The number of hydrogen-bond acceptors (Lipinski definition) is 4. The molecule has 5 nitrogen and oxygen atoms in total. The molecular weight excluding hydrogens is 290 g/mol. The molecule has 0 fully saturated rings. The van der Waals surface area contributed by atoms with Crippen LogP contribution in [-0.4, -0.2) is 31.2 Å². The van der Waals surface area contributed by atoms with E-state index < -0.39 is 0 Å². The smallest absolute Gasteiger partial charge is 0.251 e. The Morgan fingerprint density at radius 3 is 2.78 bits per heavy atom. The molecule has 2 rings (SSSR count). The van der Waals surface area contributed by atoms with Crippen molar-refractivity contribution < 1.29 is 9.53 Å². The lowest BCUT2D eigenvalue weighted by molar-refractivity contribution is 0.0940. The van der Waals surface area contributed by atoms with Crippen LogP contribution >= 0.6 is 0 Å². The van der Waals surface area contributed by atoms with E-state index in [1.54, 1.807) is 25.4 Å². The number of aromatic nitrogens is 1. The van der Waals surface area contributed by atoms with Crippen molar-refractivity contribution >= 4 is 11.7 Å². The topological polar surface area (TPSA) is 63.2 Å². The summed E-state index contributed by atoms with van der Waals surface area (Å²) in [6.45, 7) is 3.42. The first kappa shape index (κ1) is 17.0. The molecule has 23 heavy (non-hydrogen) atoms. The lowest BCUT2D eigenvalue weighted by Crippen LogP contribution is -2.26. The van der Waals surface area contributed by atoms with Gasteiger partial charge in [-0.3, -0.25) is 4.79 Å². The van der Waals surface area contributed by atoms with Crippen molar-refractivity contribution in [2.24, 2.45) is 0 Å². The summed E-state index contributed by atoms with van der Waals surface area (Å²) in [5.74, 6) is 0.588. The fourth-order valence-electron chi connectivity index (χ4n) is 2.21. The molecule has 1 aromatic heterocycles. The molecule has 1 unspecified atom stereocenters. The molecule has 0 bridgehead atoms. The van der Waals surface area contributed by atoms with Gasteiger partial charge in [0, 0.05) is 32.0 Å². The van der Waals surface area contributed by atoms with Crippen molar-refractivity contribution in [2.45, 2.75) is 19.4 Å². The van der Waals surface area contributed by atoms with Crippen molar-refractivity contribution in [1.29, 1.82) is 0 Å². The lowest BCUT2D eigenvalue weighted by Gasteiger charge is -2.14. The Morgan fingerprint density at radius 1 is 1.26 bits per heavy atom. The molecular formula is C18H23N3O2. The number of benzene rings is 1. The molecule has 1 amide bonds. The highest BCUT2D eigenvalue weighted by molar-refractivity contribution is 5.95. The summed E-state index contributed by atoms with van der Waals surface area (Å²) in [4.78, 5) is 16.6. The van der Waals surface area contributed by atoms with E-state index in [0.717, 1.165) is 18.5 Å². The van der Waals surface area contributed by atoms with E-state index in [9.17, 15) is 4.79 Å². The van der Waals surface area contributed by atoms with E-state index in [-0.39, 0.29) is 11.9 Å². The summed E-state index contributed by atoms with van der Waals surface area (Å²) < 4.78 is 5.00. The number of carbonyl (C=O) groups excluding carboxylic acids is 1. The zero-order chi connectivity index (χ0) is 16.5. The molecule has 0 saturated carbocycles. The zero-order valence-electron chi connectivity index (χ0n) is 13.6. The van der Waals surface area contributed by atoms with E-state index >= 15 is 0 Å². The number of methoxy groups -OCH3 is 1. The van der Waals surface area contributed by atoms with Crippen LogP contribution in [-0.2, 0) is 4.74 Å². The van der Waals surface area contributed by atoms with Crippen LogP contribution in [0.4, 0.5) is 5.82 Å². The van der Waals surface area contributed by atoms with E-state index in [4.69, 9.17) is 4.74 Å². The minimum Gasteiger partial charge on any atom is -0.385 e. The molecule has 0 aliphatic heterocycles. The molecule has 1 aromatic carbocycles. The molecule has 0 saturated heterocycles. The Bertz CT molecular complexity index is 617. The summed E-state index contributed by atoms with van der Waals surface area (Å²) in [6, 6.07) is 13.3. The van der Waals surface area contributed by atoms with Gasteiger partial charge in [-0.1, -0.05) is 30.3 Å². The van der Waals surface area contributed by atoms with Crippen LogP contribution in [0.25, 0.3) is 0 Å². The van der Waals surface area contributed by atoms with Crippen LogP contribution in [0.3, 0.4) is 0 Å². The number of nitrogens with zero attached hydrogens (tertiary/aromatic N) is 1. The molecule has 0 aliphatic carbocycles. The summed E-state index contributed by atoms with van der Waals surface area (Å²) in [7, 11) is 1.68. The van der Waals surface area contributed by atoms with E-state index in [1.807, 2.05) is 37.3 Å². The highest BCUT2D eigenvalue weighted by Crippen LogP contribution is 2.13. The molecule has 1 atom stereocenters. The van der Waals surface area contributed by atoms with Gasteiger partial charge in [0.25, 0.3) is 5.91 Å². The molecule has 5 heteroatoms. The number of ether oxygens (including phenoxy) is 1. The summed E-state index contributed by atoms with van der Waals surface area (Å²) in [5, 5.41) is 6.19. The Labute approximate surface area is 137 Å². The van der Waals surface area contributed by atoms with Gasteiger partial charge in [-0.2, -0.15) is 0 Å². The maximum Gasteiger partial charge on any atom is 0.251 e. The fourth-order valence-corrected chi connectivity index (χ4v) is 2.21. The Kier molecular flexibility index (Phi) is 6.56. The maximum absolute atomic E-state index is 12.4. The quantitative estimate of drug-likeness (QED) is 0.735. The van der Waals surface area contributed by atoms with E-state index in [1.165, 1.54) is 0 Å². The van der Waals surface area contributed by atoms with Crippen LogP contribution < -0.4 is 10.6 Å². The number of nitrogens with one attached hydrogen (secondary N) is 2. The van der Waals surface area contributed by atoms with Gasteiger partial charge in [0.1, 0.15) is 5.82 Å². The average Bonchev–Trinajstić information content (AvgIpc) is 2.60. The summed E-state index contributed by atoms with van der Waals surface area (Å²) in [6.07, 6.45) is 2.53. The van der Waals surface area contributed by atoms with Crippen LogP contribution in [0.5, 0.6) is 0 Å². The third-order valence-electron chi connectivity index (χ3n) is 3.50. The predicted molar refractivity (Wildman–Crippen MR) is 91.5 cm³/mol. The molecule has 0 radical (unpaired) electrons. The van der Waals surface area contributed by atoms with Gasteiger partial charge in [0.2, 0.25) is 0 Å². The van der Waals surface area contributed by atoms with Crippen molar-refractivity contribution in [3.8, 4) is 0 Å². The minimum atomic E-state index is -0.108. The van der Waals surface area contributed by atoms with E-state index in [2.05, 4.69) is 15.6 Å². The highest BCUT2D eigenvalue weighted by Gasteiger charge is 2.11. The van der Waals surface area contributed by atoms with Crippen molar-refractivity contribution in [3.05, 3.63) is 59.8 Å². The van der Waals surface area contributed by atoms with Crippen molar-refractivity contribution in [2.75, 3.05) is 25.6 Å². The second kappa shape index (κ2) is 8.90. The molecule has 122 valence electrons. The number of pyridine rings is 1. The number of amides is 1. The predicted octanol–water partition coefficient (Wildman–Crippen LogP) is 3.02. The summed E-state index contributed by atoms with van der Waals surface area (Å²) >= 11 is 0. The third kappa shape index (κ3) is 5.38. The largest absolute Gasteiger partial charge is 0.385 e. The molecule has 0 spiro atoms. The number of carbonyl (C=O) groups is 1. The Balaban J connectivity index is 1.94. The standard InChI is InChI=1S/C18H23N3O2/c1-14(15-7-4-3-5-8-15)21-18(22)16-9-11-20-17(13-16)19-10-6-12-23-2/h3-5,7-9,11,13-14H,6,10,12H2,1-2H3,(H,19,20)(H,21,22). The van der Waals surface area contributed by atoms with Crippen LogP contribution in [0.2, 0.25) is 0 Å². The molecule has 0 aliphatic rings. The number of rotatable bonds is 8. The second-order valence-corrected chi connectivity index (χ2v) is 5.31. The van der Waals surface area contributed by atoms with E-state index in [0.29, 0.717) is 18.0 Å². The number of anilines is 1. The normalized spacial score (nSPS) is 11.7. The minimum absolute atomic E-state index is 0.0463. The third-order valence-corrected chi connectivity index (χ3v) is 3.50. The van der Waals surface area contributed by atoms with Crippen LogP contribution in [0.15, 0.2) is 48.7 Å². The van der Waals surface area contributed by atoms with Gasteiger partial charge in [0.05, 0.1) is 6.04 Å². The number of hydrogen-bond donors (Lipinski definition) is 2. The van der Waals surface area contributed by atoms with Gasteiger partial charge in [-0.15, -0.1) is 0 Å². The van der Waals surface area contributed by atoms with Gasteiger partial charge >= 0.3 is 0 Å².